The summed E-state index contributed by atoms with van der Waals surface area (Å²) in [6.45, 7) is 0. The normalized spacial score (nSPS) is 10.1. The lowest BCUT2D eigenvalue weighted by atomic mass is 10.2. The molecule has 6 nitrogen and oxygen atoms in total. The van der Waals surface area contributed by atoms with Crippen LogP contribution in [0.25, 0.3) is 5.69 Å². The first-order valence-corrected chi connectivity index (χ1v) is 4.53. The third-order valence-corrected chi connectivity index (χ3v) is 2.10. The van der Waals surface area contributed by atoms with Crippen LogP contribution in [-0.2, 0) is 4.74 Å². The lowest BCUT2D eigenvalue weighted by Crippen LogP contribution is -2.14. The van der Waals surface area contributed by atoms with Crippen LogP contribution in [0.4, 0.5) is 0 Å². The Morgan fingerprint density at radius 2 is 2.31 bits per heavy atom. The molecule has 16 heavy (non-hydrogen) atoms. The molecule has 1 heterocycles. The van der Waals surface area contributed by atoms with Crippen molar-refractivity contribution in [2.45, 2.75) is 0 Å². The fourth-order valence-corrected chi connectivity index (χ4v) is 1.33. The van der Waals surface area contributed by atoms with Crippen molar-refractivity contribution in [2.75, 3.05) is 7.11 Å². The van der Waals surface area contributed by atoms with E-state index in [1.807, 2.05) is 0 Å². The monoisotopic (exact) mass is 219 g/mol. The van der Waals surface area contributed by atoms with Gasteiger partial charge in [-0.1, -0.05) is 6.07 Å². The molecule has 0 aliphatic rings. The Bertz CT molecular complexity index is 570. The average molecular weight is 219 g/mol. The van der Waals surface area contributed by atoms with Crippen LogP contribution >= 0.6 is 0 Å². The first-order chi connectivity index (χ1) is 7.72. The van der Waals surface area contributed by atoms with Gasteiger partial charge in [0.05, 0.1) is 18.4 Å². The van der Waals surface area contributed by atoms with E-state index in [0.29, 0.717) is 11.3 Å². The van der Waals surface area contributed by atoms with E-state index >= 15 is 0 Å². The van der Waals surface area contributed by atoms with Gasteiger partial charge in [-0.05, 0) is 18.2 Å². The number of rotatable bonds is 2. The van der Waals surface area contributed by atoms with Gasteiger partial charge in [0.1, 0.15) is 6.33 Å². The summed E-state index contributed by atoms with van der Waals surface area (Å²) < 4.78 is 5.89. The molecule has 0 fully saturated rings. The summed E-state index contributed by atoms with van der Waals surface area (Å²) in [5.74, 6) is -0.446. The summed E-state index contributed by atoms with van der Waals surface area (Å²) in [7, 11) is 1.30. The van der Waals surface area contributed by atoms with E-state index in [1.54, 1.807) is 24.3 Å². The number of nitrogens with one attached hydrogen (secondary N) is 1. The first-order valence-electron chi connectivity index (χ1n) is 4.53. The quantitative estimate of drug-likeness (QED) is 0.739. The standard InChI is InChI=1S/C10H9N3O3/c1-16-9(14)7-3-2-4-8(5-7)13-6-11-12-10(13)15/h2-6H,1H3,(H,12,15). The second-order valence-electron chi connectivity index (χ2n) is 3.07. The van der Waals surface area contributed by atoms with E-state index in [4.69, 9.17) is 0 Å². The number of benzene rings is 1. The zero-order valence-electron chi connectivity index (χ0n) is 8.51. The van der Waals surface area contributed by atoms with Crippen molar-refractivity contribution in [3.8, 4) is 5.69 Å². The number of esters is 1. The zero-order valence-corrected chi connectivity index (χ0v) is 8.51. The molecule has 2 aromatic rings. The van der Waals surface area contributed by atoms with E-state index in [2.05, 4.69) is 14.9 Å². The highest BCUT2D eigenvalue weighted by Gasteiger charge is 2.07. The molecular formula is C10H9N3O3. The number of carbonyl (C=O) groups excluding carboxylic acids is 1. The number of H-pyrrole nitrogens is 1. The highest BCUT2D eigenvalue weighted by Crippen LogP contribution is 2.09. The van der Waals surface area contributed by atoms with Gasteiger partial charge in [-0.2, -0.15) is 5.10 Å². The summed E-state index contributed by atoms with van der Waals surface area (Å²) in [4.78, 5) is 22.6. The molecule has 6 heteroatoms. The number of hydrogen-bond acceptors (Lipinski definition) is 4. The van der Waals surface area contributed by atoms with Gasteiger partial charge in [0.25, 0.3) is 0 Å². The molecule has 82 valence electrons. The fourth-order valence-electron chi connectivity index (χ4n) is 1.33. The number of aromatic nitrogens is 3. The molecule has 0 amide bonds. The largest absolute Gasteiger partial charge is 0.465 e. The maximum atomic E-state index is 11.3. The van der Waals surface area contributed by atoms with Gasteiger partial charge < -0.3 is 4.74 Å². The lowest BCUT2D eigenvalue weighted by molar-refractivity contribution is 0.0600. The molecule has 0 atom stereocenters. The Morgan fingerprint density at radius 1 is 1.50 bits per heavy atom. The zero-order chi connectivity index (χ0) is 11.5. The predicted molar refractivity (Wildman–Crippen MR) is 55.5 cm³/mol. The summed E-state index contributed by atoms with van der Waals surface area (Å²) >= 11 is 0. The predicted octanol–water partition coefficient (Wildman–Crippen LogP) is 0.347. The number of nitrogens with zero attached hydrogens (tertiary/aromatic N) is 2. The van der Waals surface area contributed by atoms with Crippen LogP contribution in [0.3, 0.4) is 0 Å². The second-order valence-corrected chi connectivity index (χ2v) is 3.07. The van der Waals surface area contributed by atoms with E-state index in [-0.39, 0.29) is 5.69 Å². The topological polar surface area (TPSA) is 77.0 Å². The van der Waals surface area contributed by atoms with Crippen LogP contribution in [0.2, 0.25) is 0 Å². The summed E-state index contributed by atoms with van der Waals surface area (Å²) in [5.41, 5.74) is 0.580. The molecule has 0 spiro atoms. The minimum absolute atomic E-state index is 0.359. The number of carbonyl (C=O) groups is 1. The summed E-state index contributed by atoms with van der Waals surface area (Å²) in [5, 5.41) is 5.87. The number of ether oxygens (including phenoxy) is 1. The maximum Gasteiger partial charge on any atom is 0.347 e. The Balaban J connectivity index is 2.48. The molecule has 0 saturated heterocycles. The summed E-state index contributed by atoms with van der Waals surface area (Å²) in [6.07, 6.45) is 1.35. The molecule has 1 aromatic carbocycles. The maximum absolute atomic E-state index is 11.3. The SMILES string of the molecule is COC(=O)c1cccc(-n2cn[nH]c2=O)c1. The van der Waals surface area contributed by atoms with Crippen molar-refractivity contribution in [2.24, 2.45) is 0 Å². The third kappa shape index (κ3) is 1.72. The van der Waals surface area contributed by atoms with Gasteiger partial charge in [0, 0.05) is 0 Å². The van der Waals surface area contributed by atoms with Crippen LogP contribution in [0.5, 0.6) is 0 Å². The molecule has 0 aliphatic heterocycles. The van der Waals surface area contributed by atoms with Crippen LogP contribution in [0, 0.1) is 0 Å². The number of hydrogen-bond donors (Lipinski definition) is 1. The molecule has 2 rings (SSSR count). The van der Waals surface area contributed by atoms with Crippen molar-refractivity contribution in [3.05, 3.63) is 46.6 Å². The Labute approximate surface area is 90.5 Å². The van der Waals surface area contributed by atoms with Crippen LogP contribution < -0.4 is 5.69 Å². The van der Waals surface area contributed by atoms with Gasteiger partial charge in [-0.25, -0.2) is 19.3 Å². The van der Waals surface area contributed by atoms with Gasteiger partial charge >= 0.3 is 11.7 Å². The van der Waals surface area contributed by atoms with E-state index in [1.165, 1.54) is 18.0 Å². The van der Waals surface area contributed by atoms with Gasteiger partial charge in [-0.15, -0.1) is 0 Å². The van der Waals surface area contributed by atoms with Crippen molar-refractivity contribution in [3.63, 3.8) is 0 Å². The van der Waals surface area contributed by atoms with E-state index in [0.717, 1.165) is 0 Å². The molecule has 0 saturated carbocycles. The highest BCUT2D eigenvalue weighted by atomic mass is 16.5. The second kappa shape index (κ2) is 4.01. The number of aromatic amines is 1. The van der Waals surface area contributed by atoms with E-state index < -0.39 is 5.97 Å². The molecule has 0 bridgehead atoms. The molecular weight excluding hydrogens is 210 g/mol. The van der Waals surface area contributed by atoms with Crippen LogP contribution in [0.15, 0.2) is 35.4 Å². The first kappa shape index (κ1) is 10.2. The third-order valence-electron chi connectivity index (χ3n) is 2.10. The molecule has 0 radical (unpaired) electrons. The van der Waals surface area contributed by atoms with Crippen molar-refractivity contribution < 1.29 is 9.53 Å². The smallest absolute Gasteiger partial charge is 0.347 e. The average Bonchev–Trinajstić information content (AvgIpc) is 2.74. The molecule has 1 aromatic heterocycles. The Hall–Kier alpha value is -2.37. The highest BCUT2D eigenvalue weighted by molar-refractivity contribution is 5.89. The van der Waals surface area contributed by atoms with Crippen molar-refractivity contribution in [1.82, 2.24) is 14.8 Å². The fraction of sp³-hybridized carbons (Fsp3) is 0.100. The van der Waals surface area contributed by atoms with E-state index in [9.17, 15) is 9.59 Å². The van der Waals surface area contributed by atoms with Gasteiger partial charge in [-0.3, -0.25) is 0 Å². The van der Waals surface area contributed by atoms with Crippen molar-refractivity contribution in [1.29, 1.82) is 0 Å². The minimum Gasteiger partial charge on any atom is -0.465 e. The summed E-state index contributed by atoms with van der Waals surface area (Å²) in [6, 6.07) is 6.54. The molecule has 1 N–H and O–H groups in total. The van der Waals surface area contributed by atoms with Gasteiger partial charge in [0.15, 0.2) is 0 Å². The Kier molecular flexibility index (Phi) is 2.55. The van der Waals surface area contributed by atoms with Crippen molar-refractivity contribution >= 4 is 5.97 Å². The van der Waals surface area contributed by atoms with Crippen LogP contribution in [0.1, 0.15) is 10.4 Å². The lowest BCUT2D eigenvalue weighted by Gasteiger charge is -2.02. The number of methoxy groups -OCH3 is 1. The molecule has 0 unspecified atom stereocenters. The minimum atomic E-state index is -0.446. The van der Waals surface area contributed by atoms with Crippen LogP contribution in [-0.4, -0.2) is 27.8 Å². The Morgan fingerprint density at radius 3 is 2.94 bits per heavy atom. The van der Waals surface area contributed by atoms with Gasteiger partial charge in [0.2, 0.25) is 0 Å². The molecule has 0 aliphatic carbocycles.